The van der Waals surface area contributed by atoms with Gasteiger partial charge >= 0.3 is 5.69 Å². The minimum atomic E-state index is -0.497. The van der Waals surface area contributed by atoms with Gasteiger partial charge in [0, 0.05) is 5.56 Å². The normalized spacial score (nSPS) is 11.1. The number of hydrogen-bond donors (Lipinski definition) is 0. The van der Waals surface area contributed by atoms with Crippen molar-refractivity contribution in [1.29, 1.82) is 0 Å². The number of methoxy groups -OCH3 is 1. The lowest BCUT2D eigenvalue weighted by Gasteiger charge is -2.14. The van der Waals surface area contributed by atoms with Gasteiger partial charge in [-0.1, -0.05) is 48.5 Å². The van der Waals surface area contributed by atoms with E-state index in [-0.39, 0.29) is 30.0 Å². The largest absolute Gasteiger partial charge is 0.497 e. The van der Waals surface area contributed by atoms with Crippen LogP contribution in [-0.4, -0.2) is 31.6 Å². The van der Waals surface area contributed by atoms with Crippen LogP contribution in [0.25, 0.3) is 16.9 Å². The monoisotopic (exact) mass is 480 g/mol. The predicted octanol–water partition coefficient (Wildman–Crippen LogP) is 3.60. The van der Waals surface area contributed by atoms with Crippen molar-refractivity contribution in [3.63, 3.8) is 0 Å². The van der Waals surface area contributed by atoms with Crippen molar-refractivity contribution in [2.24, 2.45) is 0 Å². The standard InChI is InChI=1S/C28H24N4O4/c1-19-8-6-7-11-23(19)32-26-25(27(34)31(28(32)35)16-20-9-4-3-5-10-20)30(18-29-26)17-24(33)21-12-14-22(36-2)15-13-21/h3-15,18H,16-17H2,1-2H3. The highest BCUT2D eigenvalue weighted by atomic mass is 16.5. The molecule has 8 heteroatoms. The molecule has 0 saturated carbocycles. The maximum absolute atomic E-state index is 13.7. The molecule has 0 aliphatic rings. The molecule has 0 saturated heterocycles. The minimum Gasteiger partial charge on any atom is -0.497 e. The molecule has 0 aliphatic carbocycles. The lowest BCUT2D eigenvalue weighted by Crippen LogP contribution is -2.40. The average molecular weight is 481 g/mol. The summed E-state index contributed by atoms with van der Waals surface area (Å²) >= 11 is 0. The van der Waals surface area contributed by atoms with Crippen LogP contribution in [0.3, 0.4) is 0 Å². The van der Waals surface area contributed by atoms with Crippen molar-refractivity contribution in [1.82, 2.24) is 18.7 Å². The average Bonchev–Trinajstić information content (AvgIpc) is 3.31. The Hall–Kier alpha value is -4.72. The van der Waals surface area contributed by atoms with Crippen LogP contribution < -0.4 is 16.0 Å². The van der Waals surface area contributed by atoms with Crippen LogP contribution in [0.2, 0.25) is 0 Å². The zero-order valence-corrected chi connectivity index (χ0v) is 19.9. The van der Waals surface area contributed by atoms with E-state index in [1.807, 2.05) is 61.5 Å². The van der Waals surface area contributed by atoms with Crippen LogP contribution in [-0.2, 0) is 13.1 Å². The Morgan fingerprint density at radius 3 is 2.31 bits per heavy atom. The molecule has 0 fully saturated rings. The van der Waals surface area contributed by atoms with E-state index in [1.165, 1.54) is 20.0 Å². The van der Waals surface area contributed by atoms with Gasteiger partial charge in [0.1, 0.15) is 5.75 Å². The first kappa shape index (κ1) is 23.0. The molecule has 5 rings (SSSR count). The van der Waals surface area contributed by atoms with Crippen LogP contribution in [0.4, 0.5) is 0 Å². The number of ketones is 1. The van der Waals surface area contributed by atoms with E-state index >= 15 is 0 Å². The number of Topliss-reactive ketones (excluding diaryl/α,β-unsaturated/α-hetero) is 1. The number of para-hydroxylation sites is 1. The first-order valence-electron chi connectivity index (χ1n) is 11.5. The van der Waals surface area contributed by atoms with Crippen molar-refractivity contribution in [2.45, 2.75) is 20.0 Å². The summed E-state index contributed by atoms with van der Waals surface area (Å²) in [5, 5.41) is 0. The minimum absolute atomic E-state index is 0.0952. The molecule has 3 aromatic carbocycles. The molecule has 2 heterocycles. The van der Waals surface area contributed by atoms with Crippen LogP contribution >= 0.6 is 0 Å². The summed E-state index contributed by atoms with van der Waals surface area (Å²) in [4.78, 5) is 44.8. The summed E-state index contributed by atoms with van der Waals surface area (Å²) in [6.07, 6.45) is 1.44. The lowest BCUT2D eigenvalue weighted by molar-refractivity contribution is 0.0973. The maximum atomic E-state index is 13.7. The van der Waals surface area contributed by atoms with Gasteiger partial charge in [-0.15, -0.1) is 0 Å². The molecule has 0 atom stereocenters. The Balaban J connectivity index is 1.69. The van der Waals surface area contributed by atoms with E-state index in [0.29, 0.717) is 17.0 Å². The van der Waals surface area contributed by atoms with Crippen LogP contribution in [0, 0.1) is 6.92 Å². The lowest BCUT2D eigenvalue weighted by atomic mass is 10.1. The van der Waals surface area contributed by atoms with Gasteiger partial charge in [-0.25, -0.2) is 14.3 Å². The number of carbonyl (C=O) groups excluding carboxylic acids is 1. The van der Waals surface area contributed by atoms with E-state index in [4.69, 9.17) is 4.74 Å². The molecule has 0 amide bonds. The summed E-state index contributed by atoms with van der Waals surface area (Å²) < 4.78 is 9.32. The van der Waals surface area contributed by atoms with Crippen molar-refractivity contribution in [2.75, 3.05) is 7.11 Å². The van der Waals surface area contributed by atoms with Crippen LogP contribution in [0.15, 0.2) is 94.8 Å². The molecular weight excluding hydrogens is 456 g/mol. The van der Waals surface area contributed by atoms with Crippen LogP contribution in [0.1, 0.15) is 21.5 Å². The number of nitrogens with zero attached hydrogens (tertiary/aromatic N) is 4. The maximum Gasteiger partial charge on any atom is 0.337 e. The molecule has 36 heavy (non-hydrogen) atoms. The number of imidazole rings is 1. The summed E-state index contributed by atoms with van der Waals surface area (Å²) in [7, 11) is 1.56. The second kappa shape index (κ2) is 9.50. The quantitative estimate of drug-likeness (QED) is 0.332. The number of carbonyl (C=O) groups is 1. The van der Waals surface area contributed by atoms with Gasteiger partial charge in [-0.3, -0.25) is 14.2 Å². The van der Waals surface area contributed by atoms with E-state index in [1.54, 1.807) is 31.4 Å². The zero-order valence-electron chi connectivity index (χ0n) is 19.9. The second-order valence-electron chi connectivity index (χ2n) is 8.48. The number of hydrogen-bond acceptors (Lipinski definition) is 5. The topological polar surface area (TPSA) is 88.1 Å². The molecular formula is C28H24N4O4. The molecule has 2 aromatic heterocycles. The van der Waals surface area contributed by atoms with Gasteiger partial charge in [-0.05, 0) is 48.4 Å². The number of ether oxygens (including phenoxy) is 1. The van der Waals surface area contributed by atoms with Gasteiger partial charge < -0.3 is 9.30 Å². The Morgan fingerprint density at radius 1 is 0.917 bits per heavy atom. The Morgan fingerprint density at radius 2 is 1.61 bits per heavy atom. The molecule has 0 N–H and O–H groups in total. The predicted molar refractivity (Wildman–Crippen MR) is 137 cm³/mol. The Kier molecular flexibility index (Phi) is 6.08. The van der Waals surface area contributed by atoms with E-state index in [0.717, 1.165) is 11.1 Å². The summed E-state index contributed by atoms with van der Waals surface area (Å²) in [5.41, 5.74) is 2.20. The fourth-order valence-electron chi connectivity index (χ4n) is 4.26. The van der Waals surface area contributed by atoms with Crippen molar-refractivity contribution in [3.8, 4) is 11.4 Å². The van der Waals surface area contributed by atoms with Crippen molar-refractivity contribution >= 4 is 16.9 Å². The zero-order chi connectivity index (χ0) is 25.2. The third kappa shape index (κ3) is 4.13. The summed E-state index contributed by atoms with van der Waals surface area (Å²) in [6.45, 7) is 1.89. The fourth-order valence-corrected chi connectivity index (χ4v) is 4.26. The van der Waals surface area contributed by atoms with E-state index < -0.39 is 11.2 Å². The van der Waals surface area contributed by atoms with Gasteiger partial charge in [0.05, 0.1) is 32.2 Å². The first-order valence-corrected chi connectivity index (χ1v) is 11.5. The van der Waals surface area contributed by atoms with Crippen molar-refractivity contribution < 1.29 is 9.53 Å². The third-order valence-electron chi connectivity index (χ3n) is 6.17. The first-order chi connectivity index (χ1) is 17.5. The molecule has 0 spiro atoms. The SMILES string of the molecule is COc1ccc(C(=O)Cn2cnc3c2c(=O)n(Cc2ccccc2)c(=O)n3-c2ccccc2C)cc1. The van der Waals surface area contributed by atoms with Gasteiger partial charge in [0.2, 0.25) is 0 Å². The van der Waals surface area contributed by atoms with Gasteiger partial charge in [-0.2, -0.15) is 0 Å². The molecule has 0 bridgehead atoms. The van der Waals surface area contributed by atoms with Gasteiger partial charge in [0.25, 0.3) is 5.56 Å². The third-order valence-corrected chi connectivity index (χ3v) is 6.17. The molecule has 0 radical (unpaired) electrons. The molecule has 8 nitrogen and oxygen atoms in total. The molecule has 5 aromatic rings. The van der Waals surface area contributed by atoms with Crippen molar-refractivity contribution in [3.05, 3.63) is 123 Å². The number of rotatable bonds is 7. The van der Waals surface area contributed by atoms with E-state index in [9.17, 15) is 14.4 Å². The highest BCUT2D eigenvalue weighted by molar-refractivity contribution is 5.96. The van der Waals surface area contributed by atoms with E-state index in [2.05, 4.69) is 4.98 Å². The molecule has 0 aliphatic heterocycles. The smallest absolute Gasteiger partial charge is 0.337 e. The highest BCUT2D eigenvalue weighted by Crippen LogP contribution is 2.18. The Bertz CT molecular complexity index is 1680. The number of fused-ring (bicyclic) bond motifs is 1. The summed E-state index contributed by atoms with van der Waals surface area (Å²) in [5.74, 6) is 0.449. The number of benzene rings is 3. The van der Waals surface area contributed by atoms with Gasteiger partial charge in [0.15, 0.2) is 16.9 Å². The highest BCUT2D eigenvalue weighted by Gasteiger charge is 2.21. The number of aryl methyl sites for hydroxylation is 1. The molecule has 180 valence electrons. The summed E-state index contributed by atoms with van der Waals surface area (Å²) in [6, 6.07) is 23.5. The van der Waals surface area contributed by atoms with Crippen LogP contribution in [0.5, 0.6) is 5.75 Å². The molecule has 0 unspecified atom stereocenters. The number of aromatic nitrogens is 4. The fraction of sp³-hybridized carbons (Fsp3) is 0.143. The second-order valence-corrected chi connectivity index (χ2v) is 8.48. The Labute approximate surface area is 206 Å².